The van der Waals surface area contributed by atoms with E-state index < -0.39 is 0 Å². The molecule has 2 saturated heterocycles. The van der Waals surface area contributed by atoms with Crippen molar-refractivity contribution in [3.63, 3.8) is 0 Å². The Bertz CT molecular complexity index is 603. The highest BCUT2D eigenvalue weighted by molar-refractivity contribution is 7.98. The van der Waals surface area contributed by atoms with Crippen LogP contribution >= 0.6 is 0 Å². The lowest BCUT2D eigenvalue weighted by atomic mass is 9.87. The monoisotopic (exact) mass is 359 g/mol. The highest BCUT2D eigenvalue weighted by Crippen LogP contribution is 2.46. The second-order valence-corrected chi connectivity index (χ2v) is 12.4. The van der Waals surface area contributed by atoms with Gasteiger partial charge in [-0.25, -0.2) is 0 Å². The minimum absolute atomic E-state index is 0.0426. The Balaban J connectivity index is 1.70. The molecule has 2 fully saturated rings. The molecule has 1 nitrogen and oxygen atoms in total. The lowest BCUT2D eigenvalue weighted by molar-refractivity contribution is 0.0656. The smallest absolute Gasteiger partial charge is 0.155 e. The van der Waals surface area contributed by atoms with Crippen LogP contribution in [0.4, 0.5) is 0 Å². The molecular weight excluding hydrogens is 324 g/mol. The predicted octanol–water partition coefficient (Wildman–Crippen LogP) is 6.23. The zero-order valence-corrected chi connectivity index (χ0v) is 17.7. The summed E-state index contributed by atoms with van der Waals surface area (Å²) in [5.41, 5.74) is 1.72. The van der Waals surface area contributed by atoms with Gasteiger partial charge in [-0.3, -0.25) is 0 Å². The molecule has 2 bridgehead atoms. The molecule has 1 aromatic rings. The van der Waals surface area contributed by atoms with Gasteiger partial charge in [-0.15, -0.1) is 0 Å². The zero-order chi connectivity index (χ0) is 18.4. The maximum atomic E-state index is 6.29. The van der Waals surface area contributed by atoms with E-state index in [1.807, 2.05) is 0 Å². The number of rotatable bonds is 3. The first-order chi connectivity index (χ1) is 11.6. The summed E-state index contributed by atoms with van der Waals surface area (Å²) in [4.78, 5) is 1.58. The summed E-state index contributed by atoms with van der Waals surface area (Å²) in [5.74, 6) is 0.952. The molecule has 0 amide bonds. The first-order valence-corrected chi connectivity index (χ1v) is 11.1. The Hall–Kier alpha value is -0.890. The quantitative estimate of drug-likeness (QED) is 0.459. The second kappa shape index (κ2) is 6.68. The third kappa shape index (κ3) is 4.10. The average molecular weight is 360 g/mol. The van der Waals surface area contributed by atoms with Crippen molar-refractivity contribution in [3.8, 4) is 0 Å². The van der Waals surface area contributed by atoms with Gasteiger partial charge in [-0.1, -0.05) is 60.3 Å². The van der Waals surface area contributed by atoms with Gasteiger partial charge in [0.15, 0.2) is 4.90 Å². The van der Waals surface area contributed by atoms with Gasteiger partial charge in [0.25, 0.3) is 0 Å². The molecule has 2 unspecified atom stereocenters. The lowest BCUT2D eigenvalue weighted by Crippen LogP contribution is -2.37. The Morgan fingerprint density at radius 1 is 0.960 bits per heavy atom. The summed E-state index contributed by atoms with van der Waals surface area (Å²) < 4.78 is 6.29. The van der Waals surface area contributed by atoms with Crippen molar-refractivity contribution in [2.75, 3.05) is 0 Å². The molecule has 0 saturated carbocycles. The van der Waals surface area contributed by atoms with E-state index in [9.17, 15) is 0 Å². The van der Waals surface area contributed by atoms with E-state index in [0.29, 0.717) is 17.0 Å². The van der Waals surface area contributed by atoms with Crippen LogP contribution in [0, 0.1) is 5.41 Å². The van der Waals surface area contributed by atoms with E-state index in [0.717, 1.165) is 16.3 Å². The molecule has 2 heteroatoms. The SMILES string of the molecule is C=C(OC1CC2CCC(C1)[S+]2c1ccc(C(C)(C)C)cc1)C(C)(C)C. The first kappa shape index (κ1) is 18.9. The standard InChI is InChI=1S/C23H35OS/c1-16(22(2,3)4)24-18-14-20-12-13-21(15-18)25(20)19-10-8-17(9-11-19)23(5,6)7/h8-11,18,20-21H,1,12-15H2,2-7H3/q+1. The number of allylic oxidation sites excluding steroid dienone is 1. The lowest BCUT2D eigenvalue weighted by Gasteiger charge is -2.32. The van der Waals surface area contributed by atoms with Crippen LogP contribution in [0.3, 0.4) is 0 Å². The molecule has 0 aliphatic carbocycles. The van der Waals surface area contributed by atoms with E-state index in [-0.39, 0.29) is 10.8 Å². The van der Waals surface area contributed by atoms with Gasteiger partial charge in [-0.2, -0.15) is 0 Å². The molecule has 3 rings (SSSR count). The molecule has 25 heavy (non-hydrogen) atoms. The average Bonchev–Trinajstić information content (AvgIpc) is 2.77. The molecule has 138 valence electrons. The number of benzene rings is 1. The molecule has 0 N–H and O–H groups in total. The summed E-state index contributed by atoms with van der Waals surface area (Å²) in [7, 11) is 0.412. The topological polar surface area (TPSA) is 9.23 Å². The van der Waals surface area contributed by atoms with Gasteiger partial charge in [0, 0.05) is 42.0 Å². The minimum atomic E-state index is 0.0426. The van der Waals surface area contributed by atoms with Crippen molar-refractivity contribution >= 4 is 10.9 Å². The van der Waals surface area contributed by atoms with Crippen molar-refractivity contribution < 1.29 is 4.74 Å². The molecule has 0 radical (unpaired) electrons. The predicted molar refractivity (Wildman–Crippen MR) is 110 cm³/mol. The normalized spacial score (nSPS) is 29.5. The van der Waals surface area contributed by atoms with Gasteiger partial charge in [-0.05, 0) is 23.1 Å². The highest BCUT2D eigenvalue weighted by atomic mass is 32.2. The zero-order valence-electron chi connectivity index (χ0n) is 16.9. The fourth-order valence-electron chi connectivity index (χ4n) is 3.99. The van der Waals surface area contributed by atoms with Crippen LogP contribution in [0.1, 0.15) is 72.8 Å². The van der Waals surface area contributed by atoms with Crippen LogP contribution < -0.4 is 0 Å². The van der Waals surface area contributed by atoms with Gasteiger partial charge < -0.3 is 4.74 Å². The van der Waals surface area contributed by atoms with E-state index in [2.05, 4.69) is 72.4 Å². The first-order valence-electron chi connectivity index (χ1n) is 9.74. The molecule has 2 heterocycles. The van der Waals surface area contributed by atoms with Crippen LogP contribution in [-0.4, -0.2) is 16.6 Å². The molecule has 2 aliphatic rings. The van der Waals surface area contributed by atoms with Crippen LogP contribution in [-0.2, 0) is 21.0 Å². The van der Waals surface area contributed by atoms with Crippen molar-refractivity contribution in [2.24, 2.45) is 5.41 Å². The molecule has 0 spiro atoms. The maximum absolute atomic E-state index is 6.29. The minimum Gasteiger partial charge on any atom is -0.494 e. The van der Waals surface area contributed by atoms with E-state index in [4.69, 9.17) is 4.74 Å². The van der Waals surface area contributed by atoms with Crippen molar-refractivity contribution in [2.45, 2.75) is 94.1 Å². The van der Waals surface area contributed by atoms with E-state index >= 15 is 0 Å². The Kier molecular flexibility index (Phi) is 5.05. The second-order valence-electron chi connectivity index (χ2n) is 9.85. The Morgan fingerprint density at radius 3 is 1.92 bits per heavy atom. The highest BCUT2D eigenvalue weighted by Gasteiger charge is 2.52. The molecule has 0 aromatic heterocycles. The summed E-state index contributed by atoms with van der Waals surface area (Å²) in [6.07, 6.45) is 5.53. The third-order valence-electron chi connectivity index (χ3n) is 5.72. The van der Waals surface area contributed by atoms with Crippen molar-refractivity contribution in [1.82, 2.24) is 0 Å². The van der Waals surface area contributed by atoms with E-state index in [1.54, 1.807) is 4.90 Å². The summed E-state index contributed by atoms with van der Waals surface area (Å²) in [6, 6.07) is 9.52. The van der Waals surface area contributed by atoms with Gasteiger partial charge in [0.1, 0.15) is 16.6 Å². The number of hydrogen-bond donors (Lipinski definition) is 0. The van der Waals surface area contributed by atoms with Crippen molar-refractivity contribution in [3.05, 3.63) is 42.2 Å². The molecule has 1 aromatic carbocycles. The largest absolute Gasteiger partial charge is 0.494 e. The third-order valence-corrected chi connectivity index (χ3v) is 8.83. The molecule has 2 atom stereocenters. The Morgan fingerprint density at radius 2 is 1.48 bits per heavy atom. The number of fused-ring (bicyclic) bond motifs is 2. The fourth-order valence-corrected chi connectivity index (χ4v) is 7.38. The fraction of sp³-hybridized carbons (Fsp3) is 0.652. The van der Waals surface area contributed by atoms with Gasteiger partial charge >= 0.3 is 0 Å². The number of hydrogen-bond acceptors (Lipinski definition) is 1. The van der Waals surface area contributed by atoms with Gasteiger partial charge in [0.2, 0.25) is 0 Å². The number of ether oxygens (including phenoxy) is 1. The maximum Gasteiger partial charge on any atom is 0.155 e. The molecule has 2 aliphatic heterocycles. The molecular formula is C23H35OS+. The van der Waals surface area contributed by atoms with Gasteiger partial charge in [0.05, 0.1) is 5.76 Å². The van der Waals surface area contributed by atoms with Crippen LogP contribution in [0.2, 0.25) is 0 Å². The summed E-state index contributed by atoms with van der Waals surface area (Å²) in [6.45, 7) is 17.6. The summed E-state index contributed by atoms with van der Waals surface area (Å²) >= 11 is 0. The van der Waals surface area contributed by atoms with E-state index in [1.165, 1.54) is 31.2 Å². The van der Waals surface area contributed by atoms with Crippen LogP contribution in [0.25, 0.3) is 0 Å². The van der Waals surface area contributed by atoms with Crippen molar-refractivity contribution in [1.29, 1.82) is 0 Å². The van der Waals surface area contributed by atoms with Crippen LogP contribution in [0.15, 0.2) is 41.5 Å². The van der Waals surface area contributed by atoms with Crippen LogP contribution in [0.5, 0.6) is 0 Å². The Labute approximate surface area is 157 Å². The summed E-state index contributed by atoms with van der Waals surface area (Å²) in [5, 5.41) is 1.61.